The number of rotatable bonds is 9. The molecule has 33 heavy (non-hydrogen) atoms. The van der Waals surface area contributed by atoms with Crippen LogP contribution in [0.4, 0.5) is 11.4 Å². The highest BCUT2D eigenvalue weighted by Gasteiger charge is 2.12. The number of nitrogens with zero attached hydrogens (tertiary/aromatic N) is 1. The second-order valence-electron chi connectivity index (χ2n) is 6.79. The number of halogens is 1. The maximum absolute atomic E-state index is 12.3. The van der Waals surface area contributed by atoms with Gasteiger partial charge in [0.25, 0.3) is 5.69 Å². The van der Waals surface area contributed by atoms with Gasteiger partial charge in [0.15, 0.2) is 11.5 Å². The summed E-state index contributed by atoms with van der Waals surface area (Å²) in [6.45, 7) is 0.349. The van der Waals surface area contributed by atoms with E-state index < -0.39 is 10.8 Å². The Morgan fingerprint density at radius 2 is 1.73 bits per heavy atom. The standard InChI is InChI=1S/C24H21ClN2O6/c1-31-22-14-19(27(29)30)9-10-20(22)26-24(28)12-6-16-5-11-21(23(13-16)32-2)33-15-17-3-7-18(25)8-4-17/h3-14H,15H2,1-2H3,(H,26,28)/b12-6+. The van der Waals surface area contributed by atoms with Gasteiger partial charge in [-0.05, 0) is 47.5 Å². The van der Waals surface area contributed by atoms with Gasteiger partial charge in [-0.3, -0.25) is 14.9 Å². The number of ether oxygens (including phenoxy) is 3. The van der Waals surface area contributed by atoms with E-state index in [2.05, 4.69) is 5.32 Å². The third kappa shape index (κ3) is 6.47. The molecule has 0 bridgehead atoms. The van der Waals surface area contributed by atoms with Crippen LogP contribution in [0.5, 0.6) is 17.2 Å². The molecule has 3 aromatic carbocycles. The lowest BCUT2D eigenvalue weighted by Crippen LogP contribution is -2.09. The first kappa shape index (κ1) is 23.6. The van der Waals surface area contributed by atoms with Gasteiger partial charge in [0.1, 0.15) is 12.4 Å². The van der Waals surface area contributed by atoms with Gasteiger partial charge < -0.3 is 19.5 Å². The predicted molar refractivity (Wildman–Crippen MR) is 126 cm³/mol. The van der Waals surface area contributed by atoms with Crippen molar-refractivity contribution in [2.75, 3.05) is 19.5 Å². The van der Waals surface area contributed by atoms with Crippen LogP contribution >= 0.6 is 11.6 Å². The van der Waals surface area contributed by atoms with Crippen molar-refractivity contribution < 1.29 is 23.9 Å². The summed E-state index contributed by atoms with van der Waals surface area (Å²) in [5.74, 6) is 0.840. The van der Waals surface area contributed by atoms with E-state index in [1.807, 2.05) is 12.1 Å². The first-order chi connectivity index (χ1) is 15.9. The maximum atomic E-state index is 12.3. The van der Waals surface area contributed by atoms with Crippen molar-refractivity contribution in [3.63, 3.8) is 0 Å². The molecule has 0 heterocycles. The minimum Gasteiger partial charge on any atom is -0.494 e. The number of anilines is 1. The van der Waals surface area contributed by atoms with Crippen molar-refractivity contribution in [2.24, 2.45) is 0 Å². The fourth-order valence-corrected chi connectivity index (χ4v) is 3.02. The topological polar surface area (TPSA) is 99.9 Å². The molecule has 0 unspecified atom stereocenters. The molecule has 0 spiro atoms. The van der Waals surface area contributed by atoms with Crippen LogP contribution in [0.3, 0.4) is 0 Å². The minimum absolute atomic E-state index is 0.133. The lowest BCUT2D eigenvalue weighted by atomic mass is 10.2. The van der Waals surface area contributed by atoms with E-state index in [1.165, 1.54) is 38.5 Å². The number of benzene rings is 3. The van der Waals surface area contributed by atoms with Crippen molar-refractivity contribution in [1.82, 2.24) is 0 Å². The number of nitro groups is 1. The molecule has 8 nitrogen and oxygen atoms in total. The molecule has 0 fully saturated rings. The number of non-ortho nitro benzene ring substituents is 1. The minimum atomic E-state index is -0.537. The summed E-state index contributed by atoms with van der Waals surface area (Å²) in [6, 6.07) is 16.6. The third-order valence-corrected chi connectivity index (χ3v) is 4.83. The Labute approximate surface area is 195 Å². The molecule has 3 aromatic rings. The maximum Gasteiger partial charge on any atom is 0.273 e. The second-order valence-corrected chi connectivity index (χ2v) is 7.23. The van der Waals surface area contributed by atoms with E-state index in [0.717, 1.165) is 11.1 Å². The van der Waals surface area contributed by atoms with Crippen LogP contribution < -0.4 is 19.5 Å². The molecule has 0 radical (unpaired) electrons. The van der Waals surface area contributed by atoms with E-state index in [0.29, 0.717) is 28.8 Å². The molecule has 1 amide bonds. The SMILES string of the molecule is COc1cc([N+](=O)[O-])ccc1NC(=O)/C=C/c1ccc(OCc2ccc(Cl)cc2)c(OC)c1. The van der Waals surface area contributed by atoms with Crippen molar-refractivity contribution in [1.29, 1.82) is 0 Å². The predicted octanol–water partition coefficient (Wildman–Crippen LogP) is 5.50. The smallest absolute Gasteiger partial charge is 0.273 e. The Morgan fingerprint density at radius 3 is 2.39 bits per heavy atom. The summed E-state index contributed by atoms with van der Waals surface area (Å²) in [7, 11) is 2.90. The summed E-state index contributed by atoms with van der Waals surface area (Å²) >= 11 is 5.90. The molecule has 3 rings (SSSR count). The van der Waals surface area contributed by atoms with E-state index in [-0.39, 0.29) is 11.4 Å². The summed E-state index contributed by atoms with van der Waals surface area (Å²) in [4.78, 5) is 22.7. The number of amides is 1. The number of methoxy groups -OCH3 is 2. The summed E-state index contributed by atoms with van der Waals surface area (Å²) in [5.41, 5.74) is 1.87. The zero-order valence-electron chi connectivity index (χ0n) is 17.9. The van der Waals surface area contributed by atoms with Crippen LogP contribution in [0, 0.1) is 10.1 Å². The number of nitrogens with one attached hydrogen (secondary N) is 1. The summed E-state index contributed by atoms with van der Waals surface area (Å²) in [5, 5.41) is 14.2. The zero-order chi connectivity index (χ0) is 23.8. The molecule has 0 aliphatic carbocycles. The monoisotopic (exact) mass is 468 g/mol. The zero-order valence-corrected chi connectivity index (χ0v) is 18.7. The van der Waals surface area contributed by atoms with Crippen molar-refractivity contribution in [3.8, 4) is 17.2 Å². The van der Waals surface area contributed by atoms with Crippen LogP contribution in [0.2, 0.25) is 5.02 Å². The molecular weight excluding hydrogens is 448 g/mol. The van der Waals surface area contributed by atoms with E-state index in [4.69, 9.17) is 25.8 Å². The average molecular weight is 469 g/mol. The van der Waals surface area contributed by atoms with Gasteiger partial charge in [0, 0.05) is 17.2 Å². The Balaban J connectivity index is 1.66. The van der Waals surface area contributed by atoms with Gasteiger partial charge >= 0.3 is 0 Å². The molecule has 0 aromatic heterocycles. The first-order valence-corrected chi connectivity index (χ1v) is 10.1. The highest BCUT2D eigenvalue weighted by molar-refractivity contribution is 6.30. The van der Waals surface area contributed by atoms with Gasteiger partial charge in [-0.1, -0.05) is 29.8 Å². The highest BCUT2D eigenvalue weighted by atomic mass is 35.5. The molecule has 0 atom stereocenters. The Kier molecular flexibility index (Phi) is 7.88. The van der Waals surface area contributed by atoms with Crippen LogP contribution in [0.1, 0.15) is 11.1 Å². The van der Waals surface area contributed by atoms with Gasteiger partial charge in [0.05, 0.1) is 30.9 Å². The lowest BCUT2D eigenvalue weighted by Gasteiger charge is -2.11. The largest absolute Gasteiger partial charge is 0.494 e. The van der Waals surface area contributed by atoms with Crippen molar-refractivity contribution >= 4 is 35.0 Å². The molecule has 0 saturated heterocycles. The number of hydrogen-bond acceptors (Lipinski definition) is 6. The van der Waals surface area contributed by atoms with Crippen LogP contribution in [-0.4, -0.2) is 25.1 Å². The van der Waals surface area contributed by atoms with Gasteiger partial charge in [-0.2, -0.15) is 0 Å². The first-order valence-electron chi connectivity index (χ1n) is 9.76. The second kappa shape index (κ2) is 11.0. The molecule has 1 N–H and O–H groups in total. The fourth-order valence-electron chi connectivity index (χ4n) is 2.89. The summed E-state index contributed by atoms with van der Waals surface area (Å²) < 4.78 is 16.4. The lowest BCUT2D eigenvalue weighted by molar-refractivity contribution is -0.384. The van der Waals surface area contributed by atoms with Crippen LogP contribution in [-0.2, 0) is 11.4 Å². The normalized spacial score (nSPS) is 10.6. The average Bonchev–Trinajstić information content (AvgIpc) is 2.82. The molecule has 0 saturated carbocycles. The highest BCUT2D eigenvalue weighted by Crippen LogP contribution is 2.30. The molecular formula is C24H21ClN2O6. The molecule has 9 heteroatoms. The van der Waals surface area contributed by atoms with E-state index >= 15 is 0 Å². The van der Waals surface area contributed by atoms with Crippen molar-refractivity contribution in [2.45, 2.75) is 6.61 Å². The quantitative estimate of drug-likeness (QED) is 0.253. The van der Waals surface area contributed by atoms with Crippen LogP contribution in [0.15, 0.2) is 66.7 Å². The number of hydrogen-bond donors (Lipinski definition) is 1. The van der Waals surface area contributed by atoms with Gasteiger partial charge in [-0.25, -0.2) is 0 Å². The fraction of sp³-hybridized carbons (Fsp3) is 0.125. The van der Waals surface area contributed by atoms with E-state index in [1.54, 1.807) is 36.4 Å². The van der Waals surface area contributed by atoms with Gasteiger partial charge in [0.2, 0.25) is 5.91 Å². The molecule has 0 aliphatic heterocycles. The number of nitro benzene ring substituents is 1. The summed E-state index contributed by atoms with van der Waals surface area (Å²) in [6.07, 6.45) is 2.95. The Bertz CT molecular complexity index is 1180. The molecule has 0 aliphatic rings. The number of carbonyl (C=O) groups is 1. The Hall–Kier alpha value is -4.04. The van der Waals surface area contributed by atoms with E-state index in [9.17, 15) is 14.9 Å². The van der Waals surface area contributed by atoms with Crippen molar-refractivity contribution in [3.05, 3.63) is 93.0 Å². The Morgan fingerprint density at radius 1 is 1.00 bits per heavy atom. The van der Waals surface area contributed by atoms with Gasteiger partial charge in [-0.15, -0.1) is 0 Å². The van der Waals surface area contributed by atoms with Crippen LogP contribution in [0.25, 0.3) is 6.08 Å². The molecule has 170 valence electrons. The third-order valence-electron chi connectivity index (χ3n) is 4.58. The number of carbonyl (C=O) groups excluding carboxylic acids is 1.